The molecule has 0 aromatic heterocycles. The van der Waals surface area contributed by atoms with Gasteiger partial charge in [0.25, 0.3) is 0 Å². The van der Waals surface area contributed by atoms with Crippen molar-refractivity contribution in [3.63, 3.8) is 0 Å². The maximum atomic E-state index is 11.7. The van der Waals surface area contributed by atoms with Gasteiger partial charge in [0.05, 0.1) is 10.9 Å². The van der Waals surface area contributed by atoms with Crippen LogP contribution in [0.3, 0.4) is 0 Å². The number of hydrogen-bond acceptors (Lipinski definition) is 3. The highest BCUT2D eigenvalue weighted by atomic mass is 32.2. The van der Waals surface area contributed by atoms with Crippen LogP contribution in [0.4, 0.5) is 5.69 Å². The van der Waals surface area contributed by atoms with Crippen LogP contribution < -0.4 is 10.5 Å². The van der Waals surface area contributed by atoms with Gasteiger partial charge >= 0.3 is 0 Å². The summed E-state index contributed by atoms with van der Waals surface area (Å²) in [6, 6.07) is 14.2. The van der Waals surface area contributed by atoms with Gasteiger partial charge in [0, 0.05) is 11.6 Å². The van der Waals surface area contributed by atoms with Gasteiger partial charge in [-0.1, -0.05) is 57.2 Å². The molecule has 142 valence electrons. The van der Waals surface area contributed by atoms with Crippen LogP contribution in [0.5, 0.6) is 0 Å². The van der Waals surface area contributed by atoms with Gasteiger partial charge in [-0.2, -0.15) is 0 Å². The minimum absolute atomic E-state index is 0.132. The van der Waals surface area contributed by atoms with Crippen LogP contribution in [-0.2, 0) is 15.4 Å². The first-order chi connectivity index (χ1) is 12.6. The largest absolute Gasteiger partial charge is 0.378 e. The molecule has 2 aliphatic rings. The number of primary sulfonamides is 1. The first kappa shape index (κ1) is 18.3. The van der Waals surface area contributed by atoms with Crippen LogP contribution in [0.1, 0.15) is 55.8 Å². The summed E-state index contributed by atoms with van der Waals surface area (Å²) >= 11 is 0. The van der Waals surface area contributed by atoms with Crippen LogP contribution in [0.25, 0.3) is 0 Å². The summed E-state index contributed by atoms with van der Waals surface area (Å²) in [6.07, 6.45) is 5.38. The molecule has 0 amide bonds. The quantitative estimate of drug-likeness (QED) is 0.753. The lowest BCUT2D eigenvalue weighted by molar-refractivity contribution is 0.425. The molecule has 0 spiro atoms. The third-order valence-corrected chi connectivity index (χ3v) is 6.71. The fourth-order valence-corrected chi connectivity index (χ4v) is 4.82. The van der Waals surface area contributed by atoms with Gasteiger partial charge in [0.1, 0.15) is 0 Å². The van der Waals surface area contributed by atoms with E-state index in [9.17, 15) is 8.42 Å². The molecule has 5 heteroatoms. The maximum Gasteiger partial charge on any atom is 0.238 e. The lowest BCUT2D eigenvalue weighted by Gasteiger charge is -2.38. The summed E-state index contributed by atoms with van der Waals surface area (Å²) in [5, 5.41) is 8.97. The van der Waals surface area contributed by atoms with E-state index in [-0.39, 0.29) is 22.3 Å². The fraction of sp³-hybridized carbons (Fsp3) is 0.364. The van der Waals surface area contributed by atoms with Gasteiger partial charge in [-0.15, -0.1) is 0 Å². The summed E-state index contributed by atoms with van der Waals surface area (Å²) in [5.41, 5.74) is 4.72. The van der Waals surface area contributed by atoms with Crippen LogP contribution in [0, 0.1) is 5.92 Å². The molecule has 0 radical (unpaired) electrons. The van der Waals surface area contributed by atoms with Crippen LogP contribution >= 0.6 is 0 Å². The van der Waals surface area contributed by atoms with E-state index in [0.29, 0.717) is 5.92 Å². The third kappa shape index (κ3) is 3.30. The molecule has 3 atom stereocenters. The molecule has 1 aliphatic carbocycles. The Kier molecular flexibility index (Phi) is 4.20. The molecule has 0 bridgehead atoms. The average molecular weight is 383 g/mol. The van der Waals surface area contributed by atoms with E-state index >= 15 is 0 Å². The van der Waals surface area contributed by atoms with Crippen molar-refractivity contribution in [3.05, 3.63) is 71.3 Å². The van der Waals surface area contributed by atoms with E-state index in [2.05, 4.69) is 62.5 Å². The van der Waals surface area contributed by atoms with Crippen molar-refractivity contribution >= 4 is 15.7 Å². The van der Waals surface area contributed by atoms with Gasteiger partial charge < -0.3 is 5.32 Å². The number of sulfonamides is 1. The summed E-state index contributed by atoms with van der Waals surface area (Å²) in [6.45, 7) is 6.66. The fourth-order valence-electron chi connectivity index (χ4n) is 4.27. The molecular weight excluding hydrogens is 356 g/mol. The number of allylic oxidation sites excluding steroid dienone is 2. The Labute approximate surface area is 161 Å². The van der Waals surface area contributed by atoms with Gasteiger partial charge in [-0.3, -0.25) is 0 Å². The summed E-state index contributed by atoms with van der Waals surface area (Å²) in [5.74, 6) is 0.573. The number of fused-ring (bicyclic) bond motifs is 3. The zero-order chi connectivity index (χ0) is 19.4. The summed E-state index contributed by atoms with van der Waals surface area (Å²) in [4.78, 5) is 0.176. The molecule has 0 fully saturated rings. The molecule has 1 heterocycles. The van der Waals surface area contributed by atoms with Crippen molar-refractivity contribution in [1.82, 2.24) is 0 Å². The van der Waals surface area contributed by atoms with Crippen molar-refractivity contribution in [2.75, 3.05) is 5.32 Å². The Balaban J connectivity index is 1.72. The molecule has 27 heavy (non-hydrogen) atoms. The second-order valence-corrected chi connectivity index (χ2v) is 10.2. The van der Waals surface area contributed by atoms with Crippen molar-refractivity contribution in [2.45, 2.75) is 49.5 Å². The number of anilines is 1. The van der Waals surface area contributed by atoms with E-state index < -0.39 is 10.0 Å². The van der Waals surface area contributed by atoms with E-state index in [1.807, 2.05) is 6.07 Å². The Hall–Kier alpha value is -2.11. The minimum Gasteiger partial charge on any atom is -0.378 e. The van der Waals surface area contributed by atoms with Crippen molar-refractivity contribution < 1.29 is 8.42 Å². The molecule has 4 nitrogen and oxygen atoms in total. The van der Waals surface area contributed by atoms with E-state index in [1.54, 1.807) is 12.1 Å². The average Bonchev–Trinajstić information content (AvgIpc) is 3.09. The third-order valence-electron chi connectivity index (χ3n) is 5.80. The highest BCUT2D eigenvalue weighted by molar-refractivity contribution is 7.89. The molecule has 4 rings (SSSR count). The van der Waals surface area contributed by atoms with Gasteiger partial charge in [-0.25, -0.2) is 13.6 Å². The molecule has 2 aromatic carbocycles. The van der Waals surface area contributed by atoms with Crippen molar-refractivity contribution in [1.29, 1.82) is 0 Å². The second-order valence-electron chi connectivity index (χ2n) is 8.64. The number of rotatable bonds is 2. The molecule has 3 N–H and O–H groups in total. The first-order valence-electron chi connectivity index (χ1n) is 9.35. The maximum absolute atomic E-state index is 11.7. The first-order valence-corrected chi connectivity index (χ1v) is 10.9. The molecular formula is C22H26N2O2S. The Bertz CT molecular complexity index is 1000. The highest BCUT2D eigenvalue weighted by Crippen LogP contribution is 2.50. The molecule has 2 aromatic rings. The van der Waals surface area contributed by atoms with Crippen molar-refractivity contribution in [3.8, 4) is 0 Å². The lowest BCUT2D eigenvalue weighted by Crippen LogP contribution is -2.29. The summed E-state index contributed by atoms with van der Waals surface area (Å²) < 4.78 is 23.5. The van der Waals surface area contributed by atoms with Crippen molar-refractivity contribution in [2.24, 2.45) is 11.1 Å². The zero-order valence-electron chi connectivity index (χ0n) is 15.9. The lowest BCUT2D eigenvalue weighted by atomic mass is 9.76. The molecule has 0 saturated heterocycles. The monoisotopic (exact) mass is 382 g/mol. The number of benzene rings is 2. The van der Waals surface area contributed by atoms with E-state index in [4.69, 9.17) is 5.14 Å². The Morgan fingerprint density at radius 3 is 2.41 bits per heavy atom. The Morgan fingerprint density at radius 2 is 1.78 bits per heavy atom. The topological polar surface area (TPSA) is 72.2 Å². The highest BCUT2D eigenvalue weighted by Gasteiger charge is 2.38. The second kappa shape index (κ2) is 6.21. The molecule has 1 aliphatic heterocycles. The van der Waals surface area contributed by atoms with Gasteiger partial charge in [0.2, 0.25) is 10.0 Å². The molecule has 3 unspecified atom stereocenters. The number of nitrogens with one attached hydrogen (secondary N) is 1. The van der Waals surface area contributed by atoms with E-state index in [0.717, 1.165) is 17.7 Å². The Morgan fingerprint density at radius 1 is 1.07 bits per heavy atom. The van der Waals surface area contributed by atoms with E-state index in [1.165, 1.54) is 11.1 Å². The van der Waals surface area contributed by atoms with Gasteiger partial charge in [0.15, 0.2) is 0 Å². The smallest absolute Gasteiger partial charge is 0.238 e. The van der Waals surface area contributed by atoms with Crippen LogP contribution in [-0.4, -0.2) is 8.42 Å². The normalized spacial score (nSPS) is 24.2. The zero-order valence-corrected chi connectivity index (χ0v) is 16.8. The summed E-state index contributed by atoms with van der Waals surface area (Å²) in [7, 11) is -3.70. The minimum atomic E-state index is -3.70. The predicted molar refractivity (Wildman–Crippen MR) is 109 cm³/mol. The molecule has 0 saturated carbocycles. The number of hydrogen-bond donors (Lipinski definition) is 2. The standard InChI is InChI=1S/C22H26N2O2S/c1-22(2,3)15-9-7-14(8-10-15)21-18-6-4-5-17(18)19-13-16(27(23,25)26)11-12-20(19)24-21/h4-5,7-13,17-18,21,24H,6H2,1-3H3,(H2,23,25,26). The SMILES string of the molecule is CC(C)(C)c1ccc(C2Nc3ccc(S(N)(=O)=O)cc3C3C=CCC32)cc1. The van der Waals surface area contributed by atoms with Crippen LogP contribution in [0.15, 0.2) is 59.5 Å². The van der Waals surface area contributed by atoms with Gasteiger partial charge in [-0.05, 0) is 52.6 Å². The number of nitrogens with two attached hydrogens (primary N) is 1. The predicted octanol–water partition coefficient (Wildman–Crippen LogP) is 4.46. The van der Waals surface area contributed by atoms with Crippen LogP contribution in [0.2, 0.25) is 0 Å².